The van der Waals surface area contributed by atoms with E-state index in [4.69, 9.17) is 27.6 Å². The summed E-state index contributed by atoms with van der Waals surface area (Å²) in [5.74, 6) is 0. The van der Waals surface area contributed by atoms with Crippen LogP contribution in [0.3, 0.4) is 0 Å². The third-order valence-electron chi connectivity index (χ3n) is 1.17. The van der Waals surface area contributed by atoms with Crippen LogP contribution >= 0.6 is 23.2 Å². The highest BCUT2D eigenvalue weighted by molar-refractivity contribution is 6.47. The van der Waals surface area contributed by atoms with Crippen LogP contribution in [-0.2, 0) is 4.43 Å². The van der Waals surface area contributed by atoms with Gasteiger partial charge in [0.2, 0.25) is 0 Å². The van der Waals surface area contributed by atoms with E-state index < -0.39 is 4.84 Å². The molecule has 4 heteroatoms. The Morgan fingerprint density at radius 1 is 1.25 bits per heavy atom. The third-order valence-corrected chi connectivity index (χ3v) is 2.31. The molecule has 12 heavy (non-hydrogen) atoms. The van der Waals surface area contributed by atoms with Crippen LogP contribution in [0, 0.1) is 0 Å². The minimum Gasteiger partial charge on any atom is -0.409 e. The summed E-state index contributed by atoms with van der Waals surface area (Å²) in [6.45, 7) is 0.385. The highest BCUT2D eigenvalue weighted by Gasteiger charge is 1.99. The Labute approximate surface area is 84.6 Å². The van der Waals surface area contributed by atoms with Gasteiger partial charge < -0.3 is 4.43 Å². The zero-order chi connectivity index (χ0) is 8.81. The number of rotatable bonds is 4. The fourth-order valence-corrected chi connectivity index (χ4v) is 1.78. The summed E-state index contributed by atoms with van der Waals surface area (Å²) in [5.41, 5.74) is 0. The smallest absolute Gasteiger partial charge is 0.268 e. The lowest BCUT2D eigenvalue weighted by atomic mass is 10.4. The van der Waals surface area contributed by atoms with Gasteiger partial charge in [0.15, 0.2) is 0 Å². The van der Waals surface area contributed by atoms with Crippen LogP contribution in [0.2, 0.25) is 0 Å². The van der Waals surface area contributed by atoms with Crippen molar-refractivity contribution in [3.8, 4) is 0 Å². The number of halogens is 2. The summed E-state index contributed by atoms with van der Waals surface area (Å²) in [6, 6.07) is 9.95. The topological polar surface area (TPSA) is 9.23 Å². The number of hydrogen-bond donors (Lipinski definition) is 0. The third kappa shape index (κ3) is 4.12. The Balaban J connectivity index is 2.25. The van der Waals surface area contributed by atoms with E-state index in [1.54, 1.807) is 0 Å². The van der Waals surface area contributed by atoms with Crippen LogP contribution in [0.25, 0.3) is 0 Å². The molecule has 0 aromatic heterocycles. The van der Waals surface area contributed by atoms with Crippen molar-refractivity contribution in [2.45, 2.75) is 4.84 Å². The van der Waals surface area contributed by atoms with Crippen LogP contribution in [0.4, 0.5) is 0 Å². The first kappa shape index (κ1) is 10.1. The van der Waals surface area contributed by atoms with Crippen LogP contribution < -0.4 is 5.19 Å². The second-order valence-electron chi connectivity index (χ2n) is 2.17. The van der Waals surface area contributed by atoms with E-state index in [2.05, 4.69) is 0 Å². The maximum atomic E-state index is 5.49. The van der Waals surface area contributed by atoms with Crippen LogP contribution in [0.15, 0.2) is 30.3 Å². The Morgan fingerprint density at radius 2 is 1.92 bits per heavy atom. The lowest BCUT2D eigenvalue weighted by molar-refractivity contribution is 0.361. The molecule has 0 amide bonds. The van der Waals surface area contributed by atoms with E-state index >= 15 is 0 Å². The Hall–Kier alpha value is -0.0231. The van der Waals surface area contributed by atoms with E-state index in [0.717, 1.165) is 5.19 Å². The Kier molecular flexibility index (Phi) is 4.69. The molecule has 0 aliphatic heterocycles. The maximum absolute atomic E-state index is 5.49. The number of alkyl halides is 2. The largest absolute Gasteiger partial charge is 0.409 e. The normalized spacial score (nSPS) is 10.6. The maximum Gasteiger partial charge on any atom is 0.268 e. The van der Waals surface area contributed by atoms with Gasteiger partial charge in [-0.1, -0.05) is 30.3 Å². The van der Waals surface area contributed by atoms with Crippen molar-refractivity contribution in [3.05, 3.63) is 30.3 Å². The second-order valence-corrected chi connectivity index (χ2v) is 4.52. The van der Waals surface area contributed by atoms with Crippen molar-refractivity contribution in [1.29, 1.82) is 0 Å². The molecule has 0 unspecified atom stereocenters. The SMILES string of the molecule is ClC(Cl)CO[Si]c1ccccc1. The summed E-state index contributed by atoms with van der Waals surface area (Å²) in [7, 11) is 0.328. The summed E-state index contributed by atoms with van der Waals surface area (Å²) in [6.07, 6.45) is 0. The fourth-order valence-electron chi connectivity index (χ4n) is 0.694. The van der Waals surface area contributed by atoms with Gasteiger partial charge in [0.25, 0.3) is 9.76 Å². The minimum absolute atomic E-state index is 0.328. The zero-order valence-electron chi connectivity index (χ0n) is 6.34. The summed E-state index contributed by atoms with van der Waals surface area (Å²) < 4.78 is 5.24. The molecule has 0 saturated heterocycles. The average Bonchev–Trinajstić information content (AvgIpc) is 2.05. The first-order chi connectivity index (χ1) is 5.79. The molecule has 1 aromatic carbocycles. The molecule has 2 radical (unpaired) electrons. The van der Waals surface area contributed by atoms with E-state index in [1.165, 1.54) is 0 Å². The molecule has 1 nitrogen and oxygen atoms in total. The van der Waals surface area contributed by atoms with E-state index in [1.807, 2.05) is 30.3 Å². The van der Waals surface area contributed by atoms with Gasteiger partial charge in [0.1, 0.15) is 4.84 Å². The number of hydrogen-bond acceptors (Lipinski definition) is 1. The molecule has 0 saturated carbocycles. The van der Waals surface area contributed by atoms with Crippen LogP contribution in [0.5, 0.6) is 0 Å². The standard InChI is InChI=1S/C8H8Cl2OSi/c9-8(10)6-11-12-7-4-2-1-3-5-7/h1-5,8H,6H2. The quantitative estimate of drug-likeness (QED) is 0.553. The molecule has 1 aromatic rings. The van der Waals surface area contributed by atoms with E-state index in [9.17, 15) is 0 Å². The van der Waals surface area contributed by atoms with Gasteiger partial charge >= 0.3 is 0 Å². The first-order valence-corrected chi connectivity index (χ1v) is 5.28. The molecule has 0 atom stereocenters. The van der Waals surface area contributed by atoms with Gasteiger partial charge in [-0.3, -0.25) is 0 Å². The average molecular weight is 219 g/mol. The molecule has 0 aliphatic carbocycles. The summed E-state index contributed by atoms with van der Waals surface area (Å²) in [5, 5.41) is 1.16. The van der Waals surface area contributed by atoms with Crippen molar-refractivity contribution in [2.75, 3.05) is 6.61 Å². The molecule has 0 heterocycles. The molecular formula is C8H8Cl2OSi. The van der Waals surface area contributed by atoms with Gasteiger partial charge in [-0.05, 0) is 5.19 Å². The van der Waals surface area contributed by atoms with Crippen molar-refractivity contribution in [3.63, 3.8) is 0 Å². The second kappa shape index (κ2) is 5.59. The zero-order valence-corrected chi connectivity index (χ0v) is 8.85. The lowest BCUT2D eigenvalue weighted by Crippen LogP contribution is -2.19. The molecule has 0 aliphatic rings. The van der Waals surface area contributed by atoms with E-state index in [-0.39, 0.29) is 0 Å². The highest BCUT2D eigenvalue weighted by atomic mass is 35.5. The first-order valence-electron chi connectivity index (χ1n) is 3.50. The van der Waals surface area contributed by atoms with Crippen LogP contribution in [0.1, 0.15) is 0 Å². The van der Waals surface area contributed by atoms with Gasteiger partial charge in [-0.25, -0.2) is 0 Å². The van der Waals surface area contributed by atoms with Crippen LogP contribution in [-0.4, -0.2) is 21.2 Å². The monoisotopic (exact) mass is 218 g/mol. The van der Waals surface area contributed by atoms with Crippen molar-refractivity contribution < 1.29 is 4.43 Å². The molecular weight excluding hydrogens is 211 g/mol. The summed E-state index contributed by atoms with van der Waals surface area (Å²) in [4.78, 5) is -0.429. The molecule has 64 valence electrons. The van der Waals surface area contributed by atoms with Gasteiger partial charge in [0, 0.05) is 0 Å². The van der Waals surface area contributed by atoms with Crippen molar-refractivity contribution in [1.82, 2.24) is 0 Å². The molecule has 0 bridgehead atoms. The van der Waals surface area contributed by atoms with E-state index in [0.29, 0.717) is 16.4 Å². The Bertz CT molecular complexity index is 216. The highest BCUT2D eigenvalue weighted by Crippen LogP contribution is 2.00. The van der Waals surface area contributed by atoms with Crippen molar-refractivity contribution >= 4 is 38.2 Å². The predicted molar refractivity (Wildman–Crippen MR) is 53.3 cm³/mol. The molecule has 0 fully saturated rings. The lowest BCUT2D eigenvalue weighted by Gasteiger charge is -2.01. The summed E-state index contributed by atoms with van der Waals surface area (Å²) >= 11 is 11.0. The minimum atomic E-state index is -0.429. The fraction of sp³-hybridized carbons (Fsp3) is 0.250. The molecule has 1 rings (SSSR count). The molecule has 0 spiro atoms. The predicted octanol–water partition coefficient (Wildman–Crippen LogP) is 1.75. The van der Waals surface area contributed by atoms with Gasteiger partial charge in [-0.2, -0.15) is 0 Å². The van der Waals surface area contributed by atoms with Gasteiger partial charge in [0.05, 0.1) is 6.61 Å². The van der Waals surface area contributed by atoms with Crippen molar-refractivity contribution in [2.24, 2.45) is 0 Å². The Morgan fingerprint density at radius 3 is 2.50 bits per heavy atom. The number of benzene rings is 1. The molecule has 0 N–H and O–H groups in total. The van der Waals surface area contributed by atoms with Gasteiger partial charge in [-0.15, -0.1) is 23.2 Å².